The van der Waals surface area contributed by atoms with Crippen LogP contribution in [0, 0.1) is 17.3 Å². The molecule has 19 heavy (non-hydrogen) atoms. The fourth-order valence-corrected chi connectivity index (χ4v) is 6.35. The molecule has 0 saturated heterocycles. The van der Waals surface area contributed by atoms with Crippen LogP contribution in [0.25, 0.3) is 0 Å². The van der Waals surface area contributed by atoms with Crippen molar-refractivity contribution in [2.75, 3.05) is 6.61 Å². The van der Waals surface area contributed by atoms with E-state index in [-0.39, 0.29) is 22.3 Å². The van der Waals surface area contributed by atoms with Gasteiger partial charge < -0.3 is 10.4 Å². The first-order valence-electron chi connectivity index (χ1n) is 7.38. The molecule has 4 saturated carbocycles. The molecule has 108 valence electrons. The molecule has 0 aromatic carbocycles. The third-order valence-corrected chi connectivity index (χ3v) is 6.25. The Kier molecular flexibility index (Phi) is 3.07. The molecule has 0 heterocycles. The third kappa shape index (κ3) is 2.35. The van der Waals surface area contributed by atoms with E-state index in [0.29, 0.717) is 11.8 Å². The summed E-state index contributed by atoms with van der Waals surface area (Å²) in [6, 6.07) is 0. The topological polar surface area (TPSA) is 49.3 Å². The lowest BCUT2D eigenvalue weighted by Gasteiger charge is -2.59. The second kappa shape index (κ2) is 4.20. The van der Waals surface area contributed by atoms with Crippen LogP contribution < -0.4 is 5.32 Å². The van der Waals surface area contributed by atoms with Crippen LogP contribution in [0.5, 0.6) is 0 Å². The van der Waals surface area contributed by atoms with E-state index < -0.39 is 5.54 Å². The summed E-state index contributed by atoms with van der Waals surface area (Å²) in [5.41, 5.74) is -0.695. The van der Waals surface area contributed by atoms with E-state index in [4.69, 9.17) is 0 Å². The van der Waals surface area contributed by atoms with Gasteiger partial charge in [-0.2, -0.15) is 0 Å². The van der Waals surface area contributed by atoms with Crippen molar-refractivity contribution >= 4 is 21.8 Å². The Bertz CT molecular complexity index is 393. The Morgan fingerprint density at radius 1 is 1.32 bits per heavy atom. The maximum Gasteiger partial charge on any atom is 0.226 e. The van der Waals surface area contributed by atoms with Gasteiger partial charge in [0.1, 0.15) is 0 Å². The number of halogens is 1. The van der Waals surface area contributed by atoms with Crippen LogP contribution in [0.4, 0.5) is 0 Å². The monoisotopic (exact) mass is 329 g/mol. The van der Waals surface area contributed by atoms with Crippen LogP contribution in [0.3, 0.4) is 0 Å². The van der Waals surface area contributed by atoms with E-state index in [0.717, 1.165) is 19.3 Å². The highest BCUT2D eigenvalue weighted by molar-refractivity contribution is 9.10. The molecule has 0 aromatic rings. The van der Waals surface area contributed by atoms with Crippen molar-refractivity contribution < 1.29 is 9.90 Å². The van der Waals surface area contributed by atoms with Crippen molar-refractivity contribution in [3.63, 3.8) is 0 Å². The van der Waals surface area contributed by atoms with Crippen molar-refractivity contribution in [3.8, 4) is 0 Å². The number of nitrogens with one attached hydrogen (secondary N) is 1. The summed E-state index contributed by atoms with van der Waals surface area (Å²) in [5.74, 6) is 1.59. The Balaban J connectivity index is 1.82. The normalized spacial score (nSPS) is 44.4. The van der Waals surface area contributed by atoms with Crippen molar-refractivity contribution in [1.82, 2.24) is 5.32 Å². The maximum atomic E-state index is 12.8. The molecule has 0 aromatic heterocycles. The largest absolute Gasteiger partial charge is 0.394 e. The van der Waals surface area contributed by atoms with E-state index in [1.807, 2.05) is 13.8 Å². The number of alkyl halides is 1. The van der Waals surface area contributed by atoms with Crippen LogP contribution in [-0.2, 0) is 4.79 Å². The molecule has 4 aliphatic carbocycles. The quantitative estimate of drug-likeness (QED) is 0.782. The molecule has 2 atom stereocenters. The number of rotatable bonds is 3. The van der Waals surface area contributed by atoms with Crippen molar-refractivity contribution in [1.29, 1.82) is 0 Å². The predicted octanol–water partition coefficient (Wildman–Crippen LogP) is 2.61. The average molecular weight is 330 g/mol. The van der Waals surface area contributed by atoms with Crippen LogP contribution >= 0.6 is 15.9 Å². The number of carbonyl (C=O) groups excluding carboxylic acids is 1. The Morgan fingerprint density at radius 2 is 1.89 bits per heavy atom. The molecule has 4 bridgehead atoms. The first-order valence-corrected chi connectivity index (χ1v) is 8.18. The highest BCUT2D eigenvalue weighted by Crippen LogP contribution is 2.64. The molecule has 1 amide bonds. The van der Waals surface area contributed by atoms with Crippen molar-refractivity contribution in [3.05, 3.63) is 0 Å². The number of amides is 1. The summed E-state index contributed by atoms with van der Waals surface area (Å²) in [6.45, 7) is 3.76. The second-order valence-electron chi connectivity index (χ2n) is 7.89. The van der Waals surface area contributed by atoms with Gasteiger partial charge in [0.05, 0.1) is 17.6 Å². The van der Waals surface area contributed by atoms with Gasteiger partial charge in [-0.1, -0.05) is 15.9 Å². The minimum Gasteiger partial charge on any atom is -0.394 e. The molecule has 0 aliphatic heterocycles. The summed E-state index contributed by atoms with van der Waals surface area (Å²) in [6.07, 6.45) is 6.85. The molecule has 4 rings (SSSR count). The van der Waals surface area contributed by atoms with Gasteiger partial charge in [0.2, 0.25) is 5.91 Å². The Labute approximate surface area is 123 Å². The summed E-state index contributed by atoms with van der Waals surface area (Å²) in [7, 11) is 0. The zero-order chi connectivity index (χ0) is 13.9. The second-order valence-corrected chi connectivity index (χ2v) is 9.57. The van der Waals surface area contributed by atoms with Crippen LogP contribution in [0.1, 0.15) is 52.4 Å². The average Bonchev–Trinajstić information content (AvgIpc) is 2.25. The van der Waals surface area contributed by atoms with Crippen LogP contribution in [-0.4, -0.2) is 27.5 Å². The van der Waals surface area contributed by atoms with Gasteiger partial charge in [-0.3, -0.25) is 4.79 Å². The zero-order valence-corrected chi connectivity index (χ0v) is 13.4. The van der Waals surface area contributed by atoms with Crippen LogP contribution in [0.15, 0.2) is 0 Å². The number of aliphatic hydroxyl groups excluding tert-OH is 1. The minimum absolute atomic E-state index is 0.0128. The van der Waals surface area contributed by atoms with E-state index in [2.05, 4.69) is 21.2 Å². The molecule has 0 radical (unpaired) electrons. The lowest BCUT2D eigenvalue weighted by atomic mass is 9.49. The van der Waals surface area contributed by atoms with E-state index in [1.165, 1.54) is 19.3 Å². The molecular formula is C15H24BrNO2. The molecule has 4 heteroatoms. The Hall–Kier alpha value is -0.0900. The first-order chi connectivity index (χ1) is 8.76. The van der Waals surface area contributed by atoms with E-state index >= 15 is 0 Å². The number of carbonyl (C=O) groups is 1. The molecule has 3 nitrogen and oxygen atoms in total. The smallest absolute Gasteiger partial charge is 0.226 e. The van der Waals surface area contributed by atoms with Gasteiger partial charge in [-0.05, 0) is 64.2 Å². The summed E-state index contributed by atoms with van der Waals surface area (Å²) < 4.78 is 0.206. The maximum absolute atomic E-state index is 12.8. The predicted molar refractivity (Wildman–Crippen MR) is 78.1 cm³/mol. The van der Waals surface area contributed by atoms with Gasteiger partial charge in [0, 0.05) is 4.32 Å². The highest BCUT2D eigenvalue weighted by atomic mass is 79.9. The zero-order valence-electron chi connectivity index (χ0n) is 11.8. The van der Waals surface area contributed by atoms with Gasteiger partial charge in [-0.25, -0.2) is 0 Å². The molecular weight excluding hydrogens is 306 g/mol. The minimum atomic E-state index is -0.514. The highest BCUT2D eigenvalue weighted by Gasteiger charge is 2.60. The number of hydrogen-bond acceptors (Lipinski definition) is 2. The SMILES string of the molecule is CC(C)(CO)NC(=O)C12C[C@@H]3C[C@H](CC(Br)(C3)C1)C2. The molecule has 0 spiro atoms. The Morgan fingerprint density at radius 3 is 2.37 bits per heavy atom. The summed E-state index contributed by atoms with van der Waals surface area (Å²) in [4.78, 5) is 12.8. The molecule has 0 unspecified atom stereocenters. The van der Waals surface area contributed by atoms with Gasteiger partial charge in [0.15, 0.2) is 0 Å². The van der Waals surface area contributed by atoms with Crippen LogP contribution in [0.2, 0.25) is 0 Å². The molecule has 4 aliphatic rings. The van der Waals surface area contributed by atoms with E-state index in [1.54, 1.807) is 0 Å². The number of hydrogen-bond donors (Lipinski definition) is 2. The van der Waals surface area contributed by atoms with Gasteiger partial charge in [-0.15, -0.1) is 0 Å². The molecule has 4 fully saturated rings. The standard InChI is InChI=1S/C15H24BrNO2/c1-13(2,9-18)17-12(19)14-4-10-3-11(5-14)7-15(16,6-10)8-14/h10-11,18H,3-9H2,1-2H3,(H,17,19)/t10-,11-,14?,15?/m0/s1. The van der Waals surface area contributed by atoms with Crippen molar-refractivity contribution in [2.45, 2.75) is 62.2 Å². The lowest BCUT2D eigenvalue weighted by Crippen LogP contribution is -2.61. The van der Waals surface area contributed by atoms with Gasteiger partial charge in [0.25, 0.3) is 0 Å². The first kappa shape index (κ1) is 13.9. The van der Waals surface area contributed by atoms with Gasteiger partial charge >= 0.3 is 0 Å². The fraction of sp³-hybridized carbons (Fsp3) is 0.933. The summed E-state index contributed by atoms with van der Waals surface area (Å²) >= 11 is 3.93. The number of aliphatic hydroxyl groups is 1. The van der Waals surface area contributed by atoms with E-state index in [9.17, 15) is 9.90 Å². The fourth-order valence-electron chi connectivity index (χ4n) is 4.90. The summed E-state index contributed by atoms with van der Waals surface area (Å²) in [5, 5.41) is 12.4. The van der Waals surface area contributed by atoms with Crippen molar-refractivity contribution in [2.24, 2.45) is 17.3 Å². The molecule has 2 N–H and O–H groups in total. The lowest BCUT2D eigenvalue weighted by molar-refractivity contribution is -0.146. The third-order valence-electron chi connectivity index (χ3n) is 5.32.